The summed E-state index contributed by atoms with van der Waals surface area (Å²) < 4.78 is 5.02. The summed E-state index contributed by atoms with van der Waals surface area (Å²) in [7, 11) is 2.98. The van der Waals surface area contributed by atoms with E-state index in [0.717, 1.165) is 32.1 Å². The van der Waals surface area contributed by atoms with E-state index in [0.29, 0.717) is 23.5 Å². The number of ether oxygens (including phenoxy) is 1. The van der Waals surface area contributed by atoms with E-state index in [9.17, 15) is 24.5 Å². The number of non-ortho nitro benzene ring substituents is 1. The number of hydrogen-bond donors (Lipinski definition) is 2. The van der Waals surface area contributed by atoms with Crippen LogP contribution in [0.3, 0.4) is 0 Å². The molecule has 0 saturated heterocycles. The summed E-state index contributed by atoms with van der Waals surface area (Å²) >= 11 is 0. The average molecular weight is 543 g/mol. The zero-order valence-electron chi connectivity index (χ0n) is 24.1. The minimum absolute atomic E-state index is 0.166. The third kappa shape index (κ3) is 7.91. The van der Waals surface area contributed by atoms with Gasteiger partial charge in [0.1, 0.15) is 6.04 Å². The van der Waals surface area contributed by atoms with Gasteiger partial charge in [-0.15, -0.1) is 0 Å². The topological polar surface area (TPSA) is 131 Å². The van der Waals surface area contributed by atoms with Crippen molar-refractivity contribution >= 4 is 23.5 Å². The number of allylic oxidation sites excluding steroid dienone is 2. The predicted octanol–water partition coefficient (Wildman–Crippen LogP) is 4.57. The fourth-order valence-corrected chi connectivity index (χ4v) is 4.86. The molecule has 0 spiro atoms. The number of amides is 2. The number of carbonyl (C=O) groups is 3. The molecule has 2 amide bonds. The number of nitro groups is 1. The largest absolute Gasteiger partial charge is 0.466 e. The molecule has 0 radical (unpaired) electrons. The highest BCUT2D eigenvalue weighted by Gasteiger charge is 2.39. The molecule has 0 saturated carbocycles. The summed E-state index contributed by atoms with van der Waals surface area (Å²) in [4.78, 5) is 52.7. The molecule has 39 heavy (non-hydrogen) atoms. The van der Waals surface area contributed by atoms with Gasteiger partial charge in [-0.1, -0.05) is 58.6 Å². The van der Waals surface area contributed by atoms with Crippen LogP contribution in [0, 0.1) is 16.0 Å². The molecule has 214 valence electrons. The number of benzene rings is 1. The van der Waals surface area contributed by atoms with E-state index in [2.05, 4.69) is 17.6 Å². The number of dihydropyridines is 1. The molecule has 10 nitrogen and oxygen atoms in total. The molecule has 1 aliphatic heterocycles. The van der Waals surface area contributed by atoms with Gasteiger partial charge in [-0.25, -0.2) is 4.79 Å². The Kier molecular flexibility index (Phi) is 11.7. The van der Waals surface area contributed by atoms with Crippen LogP contribution < -0.4 is 10.6 Å². The molecule has 2 unspecified atom stereocenters. The first kappa shape index (κ1) is 31.5. The van der Waals surface area contributed by atoms with Crippen molar-refractivity contribution in [3.8, 4) is 0 Å². The Morgan fingerprint density at radius 1 is 1.10 bits per heavy atom. The van der Waals surface area contributed by atoms with Crippen molar-refractivity contribution in [1.29, 1.82) is 0 Å². The number of hydrogen-bond acceptors (Lipinski definition) is 7. The molecule has 0 fully saturated rings. The SMILES string of the molecule is CCCCCCCN(C)C(=O)C(NC(=O)C1=C(C)NC(C)=C(C(=O)OC)C1c1cccc([N+](=O)[O-])c1)C(C)C. The molecule has 1 aromatic rings. The molecule has 1 heterocycles. The lowest BCUT2D eigenvalue weighted by Crippen LogP contribution is -2.51. The van der Waals surface area contributed by atoms with Crippen molar-refractivity contribution < 1.29 is 24.0 Å². The van der Waals surface area contributed by atoms with Crippen LogP contribution in [0.4, 0.5) is 5.69 Å². The lowest BCUT2D eigenvalue weighted by Gasteiger charge is -2.33. The molecule has 1 aliphatic rings. The average Bonchev–Trinajstić information content (AvgIpc) is 2.89. The standard InChI is InChI=1S/C29H42N4O6/c1-8-9-10-11-12-16-32(6)28(35)26(18(2)3)31-27(34)23-19(4)30-20(5)24(29(36)39-7)25(23)21-14-13-15-22(17-21)33(37)38/h13-15,17-18,25-26,30H,8-12,16H2,1-7H3,(H,31,34). The van der Waals surface area contributed by atoms with Crippen LogP contribution in [0.2, 0.25) is 0 Å². The molecular weight excluding hydrogens is 500 g/mol. The van der Waals surface area contributed by atoms with E-state index in [1.165, 1.54) is 25.3 Å². The molecule has 0 aliphatic carbocycles. The molecule has 0 bridgehead atoms. The van der Waals surface area contributed by atoms with Crippen molar-refractivity contribution in [2.45, 2.75) is 78.7 Å². The van der Waals surface area contributed by atoms with Crippen molar-refractivity contribution in [2.24, 2.45) is 5.92 Å². The van der Waals surface area contributed by atoms with Crippen molar-refractivity contribution in [1.82, 2.24) is 15.5 Å². The second-order valence-electron chi connectivity index (χ2n) is 10.3. The third-order valence-electron chi connectivity index (χ3n) is 7.02. The third-order valence-corrected chi connectivity index (χ3v) is 7.02. The Morgan fingerprint density at radius 2 is 1.74 bits per heavy atom. The van der Waals surface area contributed by atoms with Gasteiger partial charge in [0, 0.05) is 42.7 Å². The number of rotatable bonds is 13. The normalized spacial score (nSPS) is 16.1. The quantitative estimate of drug-likeness (QED) is 0.162. The molecule has 10 heteroatoms. The first-order valence-corrected chi connectivity index (χ1v) is 13.5. The fourth-order valence-electron chi connectivity index (χ4n) is 4.86. The summed E-state index contributed by atoms with van der Waals surface area (Å²) in [5.41, 5.74) is 1.56. The van der Waals surface area contributed by atoms with E-state index in [4.69, 9.17) is 4.74 Å². The summed E-state index contributed by atoms with van der Waals surface area (Å²) in [6.07, 6.45) is 5.35. The van der Waals surface area contributed by atoms with Crippen molar-refractivity contribution in [3.05, 3.63) is 62.5 Å². The highest BCUT2D eigenvalue weighted by Crippen LogP contribution is 2.39. The Bertz CT molecular complexity index is 1140. The smallest absolute Gasteiger partial charge is 0.336 e. The van der Waals surface area contributed by atoms with Gasteiger partial charge < -0.3 is 20.3 Å². The number of nitrogens with zero attached hydrogens (tertiary/aromatic N) is 2. The van der Waals surface area contributed by atoms with Gasteiger partial charge in [0.05, 0.1) is 23.5 Å². The number of unbranched alkanes of at least 4 members (excludes halogenated alkanes) is 4. The fraction of sp³-hybridized carbons (Fsp3) is 0.552. The van der Waals surface area contributed by atoms with Crippen LogP contribution >= 0.6 is 0 Å². The number of nitrogens with one attached hydrogen (secondary N) is 2. The summed E-state index contributed by atoms with van der Waals surface area (Å²) in [6, 6.07) is 5.06. The zero-order chi connectivity index (χ0) is 29.3. The Hall–Kier alpha value is -3.69. The van der Waals surface area contributed by atoms with Gasteiger partial charge in [0.2, 0.25) is 5.91 Å². The second kappa shape index (κ2) is 14.5. The van der Waals surface area contributed by atoms with Crippen LogP contribution in [-0.2, 0) is 19.1 Å². The highest BCUT2D eigenvalue weighted by molar-refractivity contribution is 6.03. The lowest BCUT2D eigenvalue weighted by atomic mass is 9.79. The van der Waals surface area contributed by atoms with Crippen LogP contribution in [0.5, 0.6) is 0 Å². The Labute approximate surface area is 231 Å². The molecule has 2 N–H and O–H groups in total. The minimum atomic E-state index is -0.933. The van der Waals surface area contributed by atoms with Gasteiger partial charge in [0.15, 0.2) is 0 Å². The maximum absolute atomic E-state index is 13.9. The second-order valence-corrected chi connectivity index (χ2v) is 10.3. The van der Waals surface area contributed by atoms with Crippen LogP contribution in [0.15, 0.2) is 46.8 Å². The highest BCUT2D eigenvalue weighted by atomic mass is 16.6. The first-order chi connectivity index (χ1) is 18.4. The molecule has 2 atom stereocenters. The van der Waals surface area contributed by atoms with E-state index in [1.54, 1.807) is 31.9 Å². The number of likely N-dealkylation sites (N-methyl/N-ethyl adjacent to an activating group) is 1. The maximum atomic E-state index is 13.9. The maximum Gasteiger partial charge on any atom is 0.336 e. The van der Waals surface area contributed by atoms with Crippen LogP contribution in [0.1, 0.15) is 78.2 Å². The number of carbonyl (C=O) groups excluding carboxylic acids is 3. The van der Waals surface area contributed by atoms with Gasteiger partial charge in [-0.05, 0) is 31.7 Å². The van der Waals surface area contributed by atoms with Gasteiger partial charge in [-0.2, -0.15) is 0 Å². The van der Waals surface area contributed by atoms with Gasteiger partial charge in [-0.3, -0.25) is 19.7 Å². The summed E-state index contributed by atoms with van der Waals surface area (Å²) in [5, 5.41) is 17.5. The first-order valence-electron chi connectivity index (χ1n) is 13.5. The number of methoxy groups -OCH3 is 1. The van der Waals surface area contributed by atoms with Gasteiger partial charge in [0.25, 0.3) is 11.6 Å². The Balaban J connectivity index is 2.42. The number of esters is 1. The van der Waals surface area contributed by atoms with Crippen molar-refractivity contribution in [3.63, 3.8) is 0 Å². The molecule has 2 rings (SSSR count). The molecular formula is C29H42N4O6. The molecule has 0 aromatic heterocycles. The molecule has 1 aromatic carbocycles. The number of nitro benzene ring substituents is 1. The van der Waals surface area contributed by atoms with E-state index in [1.807, 2.05) is 13.8 Å². The van der Waals surface area contributed by atoms with E-state index >= 15 is 0 Å². The van der Waals surface area contributed by atoms with E-state index < -0.39 is 28.8 Å². The predicted molar refractivity (Wildman–Crippen MR) is 150 cm³/mol. The van der Waals surface area contributed by atoms with Crippen LogP contribution in [0.25, 0.3) is 0 Å². The zero-order valence-corrected chi connectivity index (χ0v) is 24.1. The monoisotopic (exact) mass is 542 g/mol. The summed E-state index contributed by atoms with van der Waals surface area (Å²) in [6.45, 7) is 9.85. The van der Waals surface area contributed by atoms with Crippen molar-refractivity contribution in [2.75, 3.05) is 20.7 Å². The Morgan fingerprint density at radius 3 is 2.33 bits per heavy atom. The van der Waals surface area contributed by atoms with Gasteiger partial charge >= 0.3 is 5.97 Å². The summed E-state index contributed by atoms with van der Waals surface area (Å²) in [5.74, 6) is -2.52. The van der Waals surface area contributed by atoms with E-state index in [-0.39, 0.29) is 28.7 Å². The minimum Gasteiger partial charge on any atom is -0.466 e. The van der Waals surface area contributed by atoms with Crippen LogP contribution in [-0.4, -0.2) is 54.4 Å². The lowest BCUT2D eigenvalue weighted by molar-refractivity contribution is -0.384.